The van der Waals surface area contributed by atoms with Crippen LogP contribution in [0.5, 0.6) is 0 Å². The van der Waals surface area contributed by atoms with Gasteiger partial charge in [0, 0.05) is 12.1 Å². The highest BCUT2D eigenvalue weighted by atomic mass is 16.4. The quantitative estimate of drug-likeness (QED) is 0.348. The minimum absolute atomic E-state index is 0.113. The van der Waals surface area contributed by atoms with E-state index in [1.54, 1.807) is 0 Å². The highest BCUT2D eigenvalue weighted by Crippen LogP contribution is 2.12. The molecule has 0 amide bonds. The maximum Gasteiger partial charge on any atom is 0.325 e. The summed E-state index contributed by atoms with van der Waals surface area (Å²) >= 11 is 0. The molecule has 0 aromatic carbocycles. The van der Waals surface area contributed by atoms with E-state index in [9.17, 15) is 9.59 Å². The van der Waals surface area contributed by atoms with Gasteiger partial charge in [0.25, 0.3) is 0 Å². The number of nitrogens with zero attached hydrogens (tertiary/aromatic N) is 1. The summed E-state index contributed by atoms with van der Waals surface area (Å²) in [5.41, 5.74) is 0.934. The van der Waals surface area contributed by atoms with E-state index in [0.29, 0.717) is 6.42 Å². The topological polar surface area (TPSA) is 87.0 Å². The van der Waals surface area contributed by atoms with E-state index >= 15 is 0 Å². The smallest absolute Gasteiger partial charge is 0.325 e. The average molecular weight is 313 g/mol. The highest BCUT2D eigenvalue weighted by Gasteiger charge is 1.98. The van der Waals surface area contributed by atoms with Crippen LogP contribution in [0.2, 0.25) is 0 Å². The van der Waals surface area contributed by atoms with Gasteiger partial charge in [0.15, 0.2) is 0 Å². The lowest BCUT2D eigenvalue weighted by atomic mass is 10.0. The zero-order chi connectivity index (χ0) is 16.6. The molecule has 0 aliphatic rings. The molecule has 0 unspecified atom stereocenters. The van der Waals surface area contributed by atoms with Crippen molar-refractivity contribution < 1.29 is 19.8 Å². The Bertz CT molecular complexity index is 340. The molecule has 0 radical (unpaired) electrons. The van der Waals surface area contributed by atoms with Gasteiger partial charge in [-0.3, -0.25) is 14.6 Å². The predicted octanol–water partition coefficient (Wildman–Crippen LogP) is 4.30. The lowest BCUT2D eigenvalue weighted by molar-refractivity contribution is -0.137. The van der Waals surface area contributed by atoms with Gasteiger partial charge in [0.05, 0.1) is 0 Å². The summed E-state index contributed by atoms with van der Waals surface area (Å²) in [7, 11) is 0. The van der Waals surface area contributed by atoms with Crippen molar-refractivity contribution in [2.24, 2.45) is 4.99 Å². The number of hydrogen-bond donors (Lipinski definition) is 2. The molecular weight excluding hydrogens is 282 g/mol. The molecule has 0 atom stereocenters. The summed E-state index contributed by atoms with van der Waals surface area (Å²) in [5, 5.41) is 17.0. The number of carbonyl (C=O) groups is 2. The first kappa shape index (κ1) is 20.6. The van der Waals surface area contributed by atoms with Crippen LogP contribution in [0.25, 0.3) is 0 Å². The second-order valence-electron chi connectivity index (χ2n) is 5.87. The Labute approximate surface area is 133 Å². The SMILES string of the molecule is CC(CCCCCCCCCCCCC(=O)O)=NCC(=O)O. The van der Waals surface area contributed by atoms with Crippen molar-refractivity contribution in [2.45, 2.75) is 84.0 Å². The standard InChI is InChI=1S/C17H31NO4/c1-15(18-14-17(21)22)12-10-8-6-4-2-3-5-7-9-11-13-16(19)20/h2-14H2,1H3,(H,19,20)(H,21,22). The van der Waals surface area contributed by atoms with Crippen LogP contribution in [0.15, 0.2) is 4.99 Å². The molecule has 0 heterocycles. The summed E-state index contributed by atoms with van der Waals surface area (Å²) in [6, 6.07) is 0. The molecule has 0 aliphatic carbocycles. The molecule has 0 saturated carbocycles. The van der Waals surface area contributed by atoms with Gasteiger partial charge in [0.2, 0.25) is 0 Å². The van der Waals surface area contributed by atoms with Gasteiger partial charge >= 0.3 is 11.9 Å². The van der Waals surface area contributed by atoms with Crippen LogP contribution < -0.4 is 0 Å². The van der Waals surface area contributed by atoms with Crippen molar-refractivity contribution in [1.82, 2.24) is 0 Å². The van der Waals surface area contributed by atoms with Crippen molar-refractivity contribution >= 4 is 17.7 Å². The zero-order valence-electron chi connectivity index (χ0n) is 13.9. The molecule has 5 heteroatoms. The van der Waals surface area contributed by atoms with E-state index in [1.165, 1.54) is 38.5 Å². The van der Waals surface area contributed by atoms with Crippen LogP contribution in [0.3, 0.4) is 0 Å². The van der Waals surface area contributed by atoms with Gasteiger partial charge in [-0.2, -0.15) is 0 Å². The van der Waals surface area contributed by atoms with E-state index in [-0.39, 0.29) is 6.54 Å². The Hall–Kier alpha value is -1.39. The monoisotopic (exact) mass is 313 g/mol. The molecule has 128 valence electrons. The highest BCUT2D eigenvalue weighted by molar-refractivity contribution is 5.84. The first-order valence-corrected chi connectivity index (χ1v) is 8.46. The Morgan fingerprint density at radius 2 is 1.09 bits per heavy atom. The third-order valence-corrected chi connectivity index (χ3v) is 3.66. The second-order valence-corrected chi connectivity index (χ2v) is 5.87. The summed E-state index contributed by atoms with van der Waals surface area (Å²) < 4.78 is 0. The lowest BCUT2D eigenvalue weighted by Gasteiger charge is -2.03. The van der Waals surface area contributed by atoms with Crippen LogP contribution in [0.1, 0.15) is 84.0 Å². The van der Waals surface area contributed by atoms with Gasteiger partial charge in [0.1, 0.15) is 6.54 Å². The molecule has 0 rings (SSSR count). The molecule has 0 aliphatic heterocycles. The average Bonchev–Trinajstić information content (AvgIpc) is 2.45. The van der Waals surface area contributed by atoms with E-state index in [4.69, 9.17) is 10.2 Å². The normalized spacial score (nSPS) is 11.6. The first-order valence-electron chi connectivity index (χ1n) is 8.46. The number of unbranched alkanes of at least 4 members (excludes halogenated alkanes) is 9. The van der Waals surface area contributed by atoms with Crippen molar-refractivity contribution in [3.8, 4) is 0 Å². The van der Waals surface area contributed by atoms with E-state index in [1.807, 2.05) is 6.92 Å². The van der Waals surface area contributed by atoms with Gasteiger partial charge in [-0.25, -0.2) is 0 Å². The second kappa shape index (κ2) is 14.5. The first-order chi connectivity index (χ1) is 10.5. The minimum atomic E-state index is -0.873. The molecule has 0 saturated heterocycles. The van der Waals surface area contributed by atoms with E-state index < -0.39 is 11.9 Å². The van der Waals surface area contributed by atoms with Crippen LogP contribution in [0.4, 0.5) is 0 Å². The van der Waals surface area contributed by atoms with Crippen molar-refractivity contribution in [3.63, 3.8) is 0 Å². The fourth-order valence-corrected chi connectivity index (χ4v) is 2.35. The number of hydrogen-bond acceptors (Lipinski definition) is 3. The molecule has 0 bridgehead atoms. The van der Waals surface area contributed by atoms with Gasteiger partial charge in [-0.15, -0.1) is 0 Å². The van der Waals surface area contributed by atoms with Crippen molar-refractivity contribution in [3.05, 3.63) is 0 Å². The predicted molar refractivity (Wildman–Crippen MR) is 88.7 cm³/mol. The lowest BCUT2D eigenvalue weighted by Crippen LogP contribution is -2.02. The van der Waals surface area contributed by atoms with Gasteiger partial charge in [-0.1, -0.05) is 51.4 Å². The maximum absolute atomic E-state index is 10.4. The zero-order valence-corrected chi connectivity index (χ0v) is 13.9. The third kappa shape index (κ3) is 16.7. The number of carboxylic acid groups (broad SMARTS) is 2. The fourth-order valence-electron chi connectivity index (χ4n) is 2.35. The molecule has 2 N–H and O–H groups in total. The molecule has 0 aromatic heterocycles. The summed E-state index contributed by atoms with van der Waals surface area (Å²) in [4.78, 5) is 24.7. The van der Waals surface area contributed by atoms with Crippen LogP contribution >= 0.6 is 0 Å². The number of aliphatic imine (C=N–C) groups is 1. The van der Waals surface area contributed by atoms with Gasteiger partial charge in [-0.05, 0) is 26.2 Å². The van der Waals surface area contributed by atoms with Crippen molar-refractivity contribution in [2.75, 3.05) is 6.54 Å². The number of aliphatic carboxylic acids is 2. The van der Waals surface area contributed by atoms with Crippen LogP contribution in [0, 0.1) is 0 Å². The molecule has 0 spiro atoms. The Morgan fingerprint density at radius 3 is 1.50 bits per heavy atom. The molecule has 0 fully saturated rings. The van der Waals surface area contributed by atoms with Crippen LogP contribution in [-0.4, -0.2) is 34.4 Å². The molecular formula is C17H31NO4. The fraction of sp³-hybridized carbons (Fsp3) is 0.824. The van der Waals surface area contributed by atoms with Gasteiger partial charge < -0.3 is 10.2 Å². The minimum Gasteiger partial charge on any atom is -0.481 e. The maximum atomic E-state index is 10.4. The number of carboxylic acids is 2. The summed E-state index contributed by atoms with van der Waals surface area (Å²) in [6.07, 6.45) is 12.6. The summed E-state index contributed by atoms with van der Waals surface area (Å²) in [6.45, 7) is 1.78. The third-order valence-electron chi connectivity index (χ3n) is 3.66. The van der Waals surface area contributed by atoms with E-state index in [0.717, 1.165) is 37.8 Å². The Kier molecular flexibility index (Phi) is 13.6. The Morgan fingerprint density at radius 1 is 0.682 bits per heavy atom. The molecule has 0 aromatic rings. The number of rotatable bonds is 15. The van der Waals surface area contributed by atoms with Crippen molar-refractivity contribution in [1.29, 1.82) is 0 Å². The summed E-state index contributed by atoms with van der Waals surface area (Å²) in [5.74, 6) is -1.56. The van der Waals surface area contributed by atoms with Crippen LogP contribution in [-0.2, 0) is 9.59 Å². The molecule has 5 nitrogen and oxygen atoms in total. The van der Waals surface area contributed by atoms with E-state index in [2.05, 4.69) is 4.99 Å². The molecule has 22 heavy (non-hydrogen) atoms. The largest absolute Gasteiger partial charge is 0.481 e. The Balaban J connectivity index is 3.22.